The van der Waals surface area contributed by atoms with E-state index in [9.17, 15) is 19.8 Å². The van der Waals surface area contributed by atoms with Crippen LogP contribution in [0.2, 0.25) is 0 Å². The van der Waals surface area contributed by atoms with Crippen LogP contribution >= 0.6 is 0 Å². The number of carboxylic acids is 2. The Hall–Kier alpha value is -0.861. The maximum atomic E-state index is 10.9. The van der Waals surface area contributed by atoms with Crippen molar-refractivity contribution in [2.24, 2.45) is 0 Å². The van der Waals surface area contributed by atoms with Crippen molar-refractivity contribution in [1.29, 1.82) is 0 Å². The third kappa shape index (κ3) is 16.5. The predicted octanol–water partition coefficient (Wildman–Crippen LogP) is -3.92. The van der Waals surface area contributed by atoms with Crippen LogP contribution in [0.15, 0.2) is 0 Å². The van der Waals surface area contributed by atoms with Crippen molar-refractivity contribution in [2.45, 2.75) is 25.7 Å². The summed E-state index contributed by atoms with van der Waals surface area (Å²) in [7, 11) is 0. The minimum atomic E-state index is -1.02. The molecule has 4 rings (SSSR count). The molecule has 41 heavy (non-hydrogen) atoms. The van der Waals surface area contributed by atoms with E-state index in [1.54, 1.807) is 0 Å². The first-order chi connectivity index (χ1) is 19.5. The Bertz CT molecular complexity index is 651. The average Bonchev–Trinajstić information content (AvgIpc) is 2.93. The zero-order chi connectivity index (χ0) is 28.4. The van der Waals surface area contributed by atoms with Gasteiger partial charge >= 0.3 is 17.1 Å². The molecule has 4 aliphatic rings. The third-order valence-electron chi connectivity index (χ3n) is 8.40. The molecule has 4 aliphatic heterocycles. The molecule has 0 spiro atoms. The number of carboxylic acid groups (broad SMARTS) is 2. The quantitative estimate of drug-likeness (QED) is 0.298. The molecule has 0 amide bonds. The molecule has 4 bridgehead atoms. The second kappa shape index (κ2) is 21.8. The smallest absolute Gasteiger partial charge is 0.549 e. The summed E-state index contributed by atoms with van der Waals surface area (Å²) < 4.78 is 0. The largest absolute Gasteiger partial charge is 2.00 e. The van der Waals surface area contributed by atoms with E-state index in [4.69, 9.17) is 0 Å². The van der Waals surface area contributed by atoms with Crippen molar-refractivity contribution >= 4 is 11.9 Å². The Labute approximate surface area is 258 Å². The number of nitrogens with zero attached hydrogens (tertiary/aromatic N) is 6. The van der Waals surface area contributed by atoms with Crippen LogP contribution in [0.3, 0.4) is 0 Å². The van der Waals surface area contributed by atoms with E-state index in [1.807, 2.05) is 9.80 Å². The summed E-state index contributed by atoms with van der Waals surface area (Å²) in [6.07, 6.45) is 4.40. The third-order valence-corrected chi connectivity index (χ3v) is 8.40. The van der Waals surface area contributed by atoms with Gasteiger partial charge in [0.05, 0.1) is 11.9 Å². The molecule has 0 aliphatic carbocycles. The normalized spacial score (nSPS) is 30.0. The van der Waals surface area contributed by atoms with E-state index < -0.39 is 11.9 Å². The molecular formula is C28H54MnN8O4. The van der Waals surface area contributed by atoms with Gasteiger partial charge in [-0.05, 0) is 78.0 Å². The van der Waals surface area contributed by atoms with E-state index in [0.717, 1.165) is 91.4 Å². The first-order valence-corrected chi connectivity index (χ1v) is 15.6. The zero-order valence-corrected chi connectivity index (χ0v) is 26.3. The summed E-state index contributed by atoms with van der Waals surface area (Å²) in [6.45, 7) is 20.5. The number of hydrogen-bond donors (Lipinski definition) is 2. The monoisotopic (exact) mass is 621 g/mol. The number of rotatable bonds is 4. The van der Waals surface area contributed by atoms with Crippen LogP contribution in [0.5, 0.6) is 0 Å². The Morgan fingerprint density at radius 1 is 0.439 bits per heavy atom. The van der Waals surface area contributed by atoms with E-state index in [-0.39, 0.29) is 30.2 Å². The minimum absolute atomic E-state index is 0. The van der Waals surface area contributed by atoms with Crippen LogP contribution in [0.25, 0.3) is 0 Å². The Morgan fingerprint density at radius 3 is 1.17 bits per heavy atom. The van der Waals surface area contributed by atoms with Crippen molar-refractivity contribution in [1.82, 2.24) is 40.0 Å². The number of carbonyl (C=O) groups excluding carboxylic acids is 2. The van der Waals surface area contributed by atoms with Crippen LogP contribution in [0.4, 0.5) is 0 Å². The molecule has 4 heterocycles. The van der Waals surface area contributed by atoms with Crippen molar-refractivity contribution in [3.63, 3.8) is 0 Å². The van der Waals surface area contributed by atoms with Gasteiger partial charge in [0.1, 0.15) is 0 Å². The predicted molar refractivity (Wildman–Crippen MR) is 153 cm³/mol. The van der Waals surface area contributed by atoms with E-state index >= 15 is 0 Å². The van der Waals surface area contributed by atoms with Gasteiger partial charge in [-0.1, -0.05) is 0 Å². The van der Waals surface area contributed by atoms with E-state index in [1.165, 1.54) is 65.2 Å². The van der Waals surface area contributed by atoms with Gasteiger partial charge in [-0.2, -0.15) is 0 Å². The molecular weight excluding hydrogens is 567 g/mol. The van der Waals surface area contributed by atoms with Crippen molar-refractivity contribution < 1.29 is 36.9 Å². The molecule has 2 N–H and O–H groups in total. The molecule has 0 aromatic heterocycles. The maximum Gasteiger partial charge on any atom is 2.00 e. The molecule has 237 valence electrons. The first kappa shape index (κ1) is 36.3. The fourth-order valence-electron chi connectivity index (χ4n) is 5.99. The Kier molecular flexibility index (Phi) is 19.3. The second-order valence-corrected chi connectivity index (χ2v) is 11.6. The molecule has 0 aromatic rings. The summed E-state index contributed by atoms with van der Waals surface area (Å²) in [5, 5.41) is 28.9. The molecule has 4 saturated heterocycles. The first-order valence-electron chi connectivity index (χ1n) is 15.6. The summed E-state index contributed by atoms with van der Waals surface area (Å²) in [5.74, 6) is -2.04. The van der Waals surface area contributed by atoms with Crippen molar-refractivity contribution in [3.05, 3.63) is 0 Å². The fraction of sp³-hybridized carbons (Fsp3) is 0.929. The molecule has 0 saturated carbocycles. The molecule has 4 fully saturated rings. The van der Waals surface area contributed by atoms with Gasteiger partial charge in [-0.15, -0.1) is 0 Å². The van der Waals surface area contributed by atoms with Crippen LogP contribution in [-0.4, -0.2) is 185 Å². The number of hydrogen-bond acceptors (Lipinski definition) is 12. The van der Waals surface area contributed by atoms with Crippen molar-refractivity contribution in [3.8, 4) is 0 Å². The Balaban J connectivity index is 0.000000301. The van der Waals surface area contributed by atoms with E-state index in [0.29, 0.717) is 0 Å². The van der Waals surface area contributed by atoms with Crippen molar-refractivity contribution in [2.75, 3.05) is 144 Å². The molecule has 0 aromatic carbocycles. The summed E-state index contributed by atoms with van der Waals surface area (Å²) in [4.78, 5) is 35.6. The standard InChI is InChI=1S/C16H30N4O4.C12H26N4.Mn/c21-15(22)13-19-5-1-3-17-7-8-18(10-11-19)4-2-6-20(12-9-17)14-16(23)24;1-3-13-5-10-16-8-2-4-14-6-9-15(7-1)11-12-16;/h1-14H2,(H,21,22)(H,23,24);13-14H,1-12H2;/q;;+2/p-2. The van der Waals surface area contributed by atoms with Gasteiger partial charge in [0.2, 0.25) is 0 Å². The zero-order valence-electron chi connectivity index (χ0n) is 25.1. The van der Waals surface area contributed by atoms with Gasteiger partial charge in [-0.25, -0.2) is 0 Å². The number of carbonyl (C=O) groups is 2. The summed E-state index contributed by atoms with van der Waals surface area (Å²) in [6, 6.07) is 0. The molecule has 4 unspecified atom stereocenters. The maximum absolute atomic E-state index is 10.9. The van der Waals surface area contributed by atoms with Gasteiger partial charge < -0.3 is 50.0 Å². The van der Waals surface area contributed by atoms with Crippen LogP contribution in [0, 0.1) is 0 Å². The minimum Gasteiger partial charge on any atom is -0.549 e. The molecule has 12 nitrogen and oxygen atoms in total. The number of nitrogens with one attached hydrogen (secondary N) is 2. The van der Waals surface area contributed by atoms with Crippen LogP contribution in [0.1, 0.15) is 25.7 Å². The fourth-order valence-corrected chi connectivity index (χ4v) is 5.99. The summed E-state index contributed by atoms with van der Waals surface area (Å²) >= 11 is 0. The molecule has 13 heteroatoms. The van der Waals surface area contributed by atoms with Gasteiger partial charge in [0.25, 0.3) is 0 Å². The van der Waals surface area contributed by atoms with Crippen LogP contribution in [-0.2, 0) is 26.7 Å². The van der Waals surface area contributed by atoms with Gasteiger partial charge in [-0.3, -0.25) is 9.80 Å². The second-order valence-electron chi connectivity index (χ2n) is 11.6. The average molecular weight is 622 g/mol. The molecule has 1 radical (unpaired) electrons. The number of fused-ring (bicyclic) bond motifs is 6. The van der Waals surface area contributed by atoms with Gasteiger partial charge in [0.15, 0.2) is 0 Å². The van der Waals surface area contributed by atoms with Crippen LogP contribution < -0.4 is 20.8 Å². The number of aliphatic carboxylic acids is 2. The SMILES string of the molecule is C1CNCCN2CCCNCCN(C1)CC2.O=C([O-])CN1CCCN2CCN(CCCN(CC(=O)[O-])CC2)CC1.[Mn+2]. The Morgan fingerprint density at radius 2 is 0.780 bits per heavy atom. The topological polar surface area (TPSA) is 124 Å². The van der Waals surface area contributed by atoms with Gasteiger partial charge in [0, 0.05) is 91.6 Å². The molecule has 4 atom stereocenters. The van der Waals surface area contributed by atoms with E-state index in [2.05, 4.69) is 30.2 Å². The summed E-state index contributed by atoms with van der Waals surface area (Å²) in [5.41, 5.74) is 0.